The van der Waals surface area contributed by atoms with Gasteiger partial charge in [0.1, 0.15) is 11.1 Å². The topological polar surface area (TPSA) is 36.7 Å². The minimum atomic E-state index is 0.711. The van der Waals surface area contributed by atoms with Crippen LogP contribution in [0.15, 0.2) is 23.7 Å². The fraction of sp³-hybridized carbons (Fsp3) is 0.429. The van der Waals surface area contributed by atoms with Gasteiger partial charge in [-0.1, -0.05) is 13.0 Å². The number of thioether (sulfide) groups is 1. The van der Waals surface area contributed by atoms with E-state index >= 15 is 0 Å². The summed E-state index contributed by atoms with van der Waals surface area (Å²) >= 11 is 1.59. The average molecular weight is 244 g/mol. The molecule has 0 fully saturated rings. The summed E-state index contributed by atoms with van der Waals surface area (Å²) in [6, 6.07) is 4.28. The number of aromatic nitrogens is 1. The molecule has 17 heavy (non-hydrogen) atoms. The number of aryl methyl sites for hydroxylation is 1. The molecule has 0 saturated carbocycles. The van der Waals surface area contributed by atoms with Gasteiger partial charge in [-0.3, -0.25) is 0 Å². The second-order valence-corrected chi connectivity index (χ2v) is 5.52. The van der Waals surface area contributed by atoms with Crippen LogP contribution in [-0.4, -0.2) is 10.7 Å². The maximum Gasteiger partial charge on any atom is 0.114 e. The Kier molecular flexibility index (Phi) is 3.86. The van der Waals surface area contributed by atoms with Gasteiger partial charge in [0.25, 0.3) is 0 Å². The van der Waals surface area contributed by atoms with Crippen molar-refractivity contribution in [2.24, 2.45) is 5.92 Å². The lowest BCUT2D eigenvalue weighted by molar-refractivity contribution is 0.491. The van der Waals surface area contributed by atoms with Crippen LogP contribution < -0.4 is 0 Å². The normalized spacial score (nSPS) is 18.2. The molecule has 1 heterocycles. The lowest BCUT2D eigenvalue weighted by atomic mass is 9.87. The van der Waals surface area contributed by atoms with Crippen LogP contribution in [0.1, 0.15) is 30.2 Å². The fourth-order valence-corrected chi connectivity index (χ4v) is 2.87. The summed E-state index contributed by atoms with van der Waals surface area (Å²) < 4.78 is 0. The predicted molar refractivity (Wildman–Crippen MR) is 71.1 cm³/mol. The maximum absolute atomic E-state index is 9.16. The van der Waals surface area contributed by atoms with Crippen molar-refractivity contribution in [3.8, 4) is 6.07 Å². The largest absolute Gasteiger partial charge is 0.245 e. The molecule has 2 nitrogen and oxygen atoms in total. The van der Waals surface area contributed by atoms with E-state index in [1.165, 1.54) is 17.7 Å². The first-order valence-corrected chi connectivity index (χ1v) is 6.89. The highest BCUT2D eigenvalue weighted by Crippen LogP contribution is 2.29. The first-order chi connectivity index (χ1) is 8.24. The zero-order valence-electron chi connectivity index (χ0n) is 10.1. The van der Waals surface area contributed by atoms with Crippen molar-refractivity contribution in [1.82, 2.24) is 4.98 Å². The molecule has 1 aromatic rings. The number of nitrogens with zero attached hydrogens (tertiary/aromatic N) is 2. The van der Waals surface area contributed by atoms with Gasteiger partial charge in [-0.15, -0.1) is 18.3 Å². The quantitative estimate of drug-likeness (QED) is 0.604. The van der Waals surface area contributed by atoms with Crippen LogP contribution >= 0.6 is 11.8 Å². The monoisotopic (exact) mass is 244 g/mol. The summed E-state index contributed by atoms with van der Waals surface area (Å²) in [6.07, 6.45) is 5.15. The molecule has 1 aliphatic carbocycles. The Morgan fingerprint density at radius 3 is 3.24 bits per heavy atom. The van der Waals surface area contributed by atoms with Crippen molar-refractivity contribution in [2.45, 2.75) is 31.2 Å². The summed E-state index contributed by atoms with van der Waals surface area (Å²) in [5.41, 5.74) is 3.17. The summed E-state index contributed by atoms with van der Waals surface area (Å²) in [7, 11) is 0. The molecule has 0 bridgehead atoms. The van der Waals surface area contributed by atoms with E-state index < -0.39 is 0 Å². The summed E-state index contributed by atoms with van der Waals surface area (Å²) in [6.45, 7) is 5.96. The lowest BCUT2D eigenvalue weighted by Crippen LogP contribution is -2.14. The Morgan fingerprint density at radius 2 is 2.53 bits per heavy atom. The van der Waals surface area contributed by atoms with Crippen molar-refractivity contribution in [3.63, 3.8) is 0 Å². The van der Waals surface area contributed by atoms with Crippen LogP contribution in [0.4, 0.5) is 0 Å². The van der Waals surface area contributed by atoms with Crippen LogP contribution in [0.25, 0.3) is 0 Å². The van der Waals surface area contributed by atoms with E-state index in [1.807, 2.05) is 12.1 Å². The Bertz CT molecular complexity index is 474. The molecule has 0 spiro atoms. The number of hydrogen-bond donors (Lipinski definition) is 0. The number of fused-ring (bicyclic) bond motifs is 1. The average Bonchev–Trinajstić information content (AvgIpc) is 2.35. The Labute approximate surface area is 107 Å². The van der Waals surface area contributed by atoms with Crippen molar-refractivity contribution in [3.05, 3.63) is 35.5 Å². The zero-order chi connectivity index (χ0) is 12.3. The fourth-order valence-electron chi connectivity index (χ4n) is 2.16. The first-order valence-electron chi connectivity index (χ1n) is 5.91. The Morgan fingerprint density at radius 1 is 1.71 bits per heavy atom. The molecule has 0 aromatic carbocycles. The first kappa shape index (κ1) is 12.2. The van der Waals surface area contributed by atoms with Gasteiger partial charge in [0.15, 0.2) is 0 Å². The number of pyridine rings is 1. The van der Waals surface area contributed by atoms with E-state index in [2.05, 4.69) is 24.6 Å². The lowest BCUT2D eigenvalue weighted by Gasteiger charge is -2.21. The molecular formula is C14H16N2S. The van der Waals surface area contributed by atoms with Gasteiger partial charge in [-0.05, 0) is 36.8 Å². The molecule has 0 saturated heterocycles. The molecule has 1 aliphatic rings. The van der Waals surface area contributed by atoms with Crippen molar-refractivity contribution in [1.29, 1.82) is 5.26 Å². The molecule has 3 heteroatoms. The molecule has 1 aromatic heterocycles. The Hall–Kier alpha value is -1.27. The second kappa shape index (κ2) is 5.37. The summed E-state index contributed by atoms with van der Waals surface area (Å²) in [4.78, 5) is 4.65. The molecule has 1 atom stereocenters. The van der Waals surface area contributed by atoms with Crippen molar-refractivity contribution in [2.75, 3.05) is 5.75 Å². The standard InChI is InChI=1S/C14H16N2S/c1-3-6-17-14-12(9-15)8-11-7-10(2)4-5-13(11)16-14/h3,8,10H,1,4-7H2,2H3. The minimum Gasteiger partial charge on any atom is -0.245 e. The smallest absolute Gasteiger partial charge is 0.114 e. The molecule has 1 unspecified atom stereocenters. The van der Waals surface area contributed by atoms with Gasteiger partial charge in [-0.2, -0.15) is 5.26 Å². The number of nitriles is 1. The van der Waals surface area contributed by atoms with Crippen LogP contribution in [0.3, 0.4) is 0 Å². The van der Waals surface area contributed by atoms with Crippen LogP contribution in [-0.2, 0) is 12.8 Å². The molecule has 88 valence electrons. The third-order valence-corrected chi connectivity index (χ3v) is 4.04. The molecule has 2 rings (SSSR count). The maximum atomic E-state index is 9.16. The molecule has 0 N–H and O–H groups in total. The highest BCUT2D eigenvalue weighted by atomic mass is 32.2. The van der Waals surface area contributed by atoms with Gasteiger partial charge < -0.3 is 0 Å². The molecular weight excluding hydrogens is 228 g/mol. The van der Waals surface area contributed by atoms with E-state index in [0.717, 1.165) is 23.6 Å². The van der Waals surface area contributed by atoms with Crippen LogP contribution in [0.2, 0.25) is 0 Å². The van der Waals surface area contributed by atoms with Gasteiger partial charge in [0.05, 0.1) is 5.56 Å². The Balaban J connectivity index is 2.35. The predicted octanol–water partition coefficient (Wildman–Crippen LogP) is 3.36. The summed E-state index contributed by atoms with van der Waals surface area (Å²) in [5, 5.41) is 10.0. The van der Waals surface area contributed by atoms with Gasteiger partial charge >= 0.3 is 0 Å². The van der Waals surface area contributed by atoms with E-state index in [0.29, 0.717) is 11.5 Å². The van der Waals surface area contributed by atoms with E-state index in [4.69, 9.17) is 5.26 Å². The van der Waals surface area contributed by atoms with Crippen LogP contribution in [0.5, 0.6) is 0 Å². The summed E-state index contributed by atoms with van der Waals surface area (Å²) in [5.74, 6) is 1.51. The van der Waals surface area contributed by atoms with E-state index in [9.17, 15) is 0 Å². The van der Waals surface area contributed by atoms with Crippen molar-refractivity contribution < 1.29 is 0 Å². The van der Waals surface area contributed by atoms with E-state index in [1.54, 1.807) is 11.8 Å². The molecule has 0 amide bonds. The third kappa shape index (κ3) is 2.70. The van der Waals surface area contributed by atoms with Crippen LogP contribution in [0, 0.1) is 17.2 Å². The SMILES string of the molecule is C=CCSc1nc2c(cc1C#N)CC(C)CC2. The number of rotatable bonds is 3. The molecule has 0 radical (unpaired) electrons. The third-order valence-electron chi connectivity index (χ3n) is 3.06. The van der Waals surface area contributed by atoms with Gasteiger partial charge in [-0.25, -0.2) is 4.98 Å². The van der Waals surface area contributed by atoms with Crippen molar-refractivity contribution >= 4 is 11.8 Å². The highest BCUT2D eigenvalue weighted by molar-refractivity contribution is 7.99. The minimum absolute atomic E-state index is 0.711. The molecule has 0 aliphatic heterocycles. The second-order valence-electron chi connectivity index (χ2n) is 4.51. The zero-order valence-corrected chi connectivity index (χ0v) is 10.9. The number of hydrogen-bond acceptors (Lipinski definition) is 3. The highest BCUT2D eigenvalue weighted by Gasteiger charge is 2.18. The van der Waals surface area contributed by atoms with E-state index in [-0.39, 0.29) is 0 Å². The van der Waals surface area contributed by atoms with Gasteiger partial charge in [0, 0.05) is 11.4 Å². The van der Waals surface area contributed by atoms with Gasteiger partial charge in [0.2, 0.25) is 0 Å².